The number of hydrogen-bond acceptors (Lipinski definition) is 9. The fourth-order valence-electron chi connectivity index (χ4n) is 5.40. The second kappa shape index (κ2) is 12.8. The number of esters is 1. The second-order valence-electron chi connectivity index (χ2n) is 10.7. The summed E-state index contributed by atoms with van der Waals surface area (Å²) in [5.74, 6) is 1.19. The molecule has 3 heterocycles. The molecule has 5 rings (SSSR count). The molecular weight excluding hydrogens is 524 g/mol. The van der Waals surface area contributed by atoms with E-state index in [0.717, 1.165) is 66.7 Å². The quantitative estimate of drug-likeness (QED) is 0.335. The highest BCUT2D eigenvalue weighted by molar-refractivity contribution is 7.13. The summed E-state index contributed by atoms with van der Waals surface area (Å²) in [4.78, 5) is 43.2. The molecule has 0 radical (unpaired) electrons. The number of carbonyl (C=O) groups is 2. The van der Waals surface area contributed by atoms with Gasteiger partial charge in [-0.05, 0) is 31.9 Å². The summed E-state index contributed by atoms with van der Waals surface area (Å²) in [7, 11) is 1.92. The molecule has 2 aliphatic rings. The highest BCUT2D eigenvalue weighted by atomic mass is 32.1. The van der Waals surface area contributed by atoms with Crippen molar-refractivity contribution in [3.05, 3.63) is 47.0 Å². The number of aryl methyl sites for hydroxylation is 1. The lowest BCUT2D eigenvalue weighted by Gasteiger charge is -2.32. The Balaban J connectivity index is 1.36. The molecule has 1 amide bonds. The van der Waals surface area contributed by atoms with Crippen LogP contribution in [0.3, 0.4) is 0 Å². The predicted octanol–water partition coefficient (Wildman–Crippen LogP) is 5.98. The maximum Gasteiger partial charge on any atom is 0.305 e. The summed E-state index contributed by atoms with van der Waals surface area (Å²) < 4.78 is 5.56. The zero-order valence-electron chi connectivity index (χ0n) is 23.6. The smallest absolute Gasteiger partial charge is 0.305 e. The lowest BCUT2D eigenvalue weighted by molar-refractivity contribution is -0.149. The lowest BCUT2D eigenvalue weighted by Crippen LogP contribution is -2.38. The van der Waals surface area contributed by atoms with Gasteiger partial charge in [-0.25, -0.2) is 9.97 Å². The summed E-state index contributed by atoms with van der Waals surface area (Å²) >= 11 is 1.51. The molecule has 1 N–H and O–H groups in total. The van der Waals surface area contributed by atoms with Crippen molar-refractivity contribution in [2.24, 2.45) is 0 Å². The van der Waals surface area contributed by atoms with Crippen LogP contribution in [0.25, 0.3) is 11.3 Å². The second-order valence-corrected chi connectivity index (χ2v) is 11.5. The van der Waals surface area contributed by atoms with Crippen LogP contribution in [0.5, 0.6) is 0 Å². The van der Waals surface area contributed by atoms with Crippen LogP contribution >= 0.6 is 11.3 Å². The van der Waals surface area contributed by atoms with Crippen LogP contribution in [0.4, 0.5) is 16.9 Å². The first-order valence-corrected chi connectivity index (χ1v) is 15.2. The van der Waals surface area contributed by atoms with E-state index >= 15 is 0 Å². The number of benzene rings is 1. The normalized spacial score (nSPS) is 16.5. The van der Waals surface area contributed by atoms with Gasteiger partial charge in [-0.1, -0.05) is 38.3 Å². The van der Waals surface area contributed by atoms with Gasteiger partial charge in [-0.2, -0.15) is 4.98 Å². The summed E-state index contributed by atoms with van der Waals surface area (Å²) in [5.41, 5.74) is 3.29. The SMILES string of the molecule is CCC(=O)OC1CCN(c2cc(-c3ccc(C(=O)N(C)C4CCCCC4)cc3)nc(Nc3nc(C)cs3)n2)CC1. The molecule has 1 aliphatic carbocycles. The summed E-state index contributed by atoms with van der Waals surface area (Å²) in [6, 6.07) is 10.0. The topological polar surface area (TPSA) is 101 Å². The Morgan fingerprint density at radius 1 is 1.05 bits per heavy atom. The van der Waals surface area contributed by atoms with Gasteiger partial charge in [0.05, 0.1) is 11.4 Å². The van der Waals surface area contributed by atoms with Crippen molar-refractivity contribution in [2.45, 2.75) is 77.4 Å². The Bertz CT molecular complexity index is 1310. The van der Waals surface area contributed by atoms with Gasteiger partial charge in [0.15, 0.2) is 5.13 Å². The Hall–Kier alpha value is -3.53. The Morgan fingerprint density at radius 3 is 2.42 bits per heavy atom. The van der Waals surface area contributed by atoms with Gasteiger partial charge < -0.3 is 14.5 Å². The number of anilines is 3. The van der Waals surface area contributed by atoms with Gasteiger partial charge in [0.1, 0.15) is 11.9 Å². The number of rotatable bonds is 8. The first kappa shape index (κ1) is 28.0. The van der Waals surface area contributed by atoms with Crippen LogP contribution in [-0.2, 0) is 9.53 Å². The Labute approximate surface area is 240 Å². The van der Waals surface area contributed by atoms with Gasteiger partial charge in [-0.15, -0.1) is 11.3 Å². The lowest BCUT2D eigenvalue weighted by atomic mass is 9.94. The number of ether oxygens (including phenoxy) is 1. The van der Waals surface area contributed by atoms with E-state index in [-0.39, 0.29) is 18.0 Å². The van der Waals surface area contributed by atoms with Gasteiger partial charge in [0, 0.05) is 68.0 Å². The fourth-order valence-corrected chi connectivity index (χ4v) is 6.08. The minimum Gasteiger partial charge on any atom is -0.462 e. The number of nitrogens with zero attached hydrogens (tertiary/aromatic N) is 5. The minimum atomic E-state index is -0.153. The summed E-state index contributed by atoms with van der Waals surface area (Å²) in [6.07, 6.45) is 7.64. The van der Waals surface area contributed by atoms with Crippen molar-refractivity contribution in [1.29, 1.82) is 0 Å². The monoisotopic (exact) mass is 562 g/mol. The molecule has 0 spiro atoms. The van der Waals surface area contributed by atoms with E-state index in [0.29, 0.717) is 24.0 Å². The summed E-state index contributed by atoms with van der Waals surface area (Å²) in [6.45, 7) is 5.23. The van der Waals surface area contributed by atoms with E-state index in [9.17, 15) is 9.59 Å². The third-order valence-corrected chi connectivity index (χ3v) is 8.65. The van der Waals surface area contributed by atoms with Gasteiger partial charge >= 0.3 is 5.97 Å². The zero-order chi connectivity index (χ0) is 28.1. The van der Waals surface area contributed by atoms with E-state index < -0.39 is 0 Å². The zero-order valence-corrected chi connectivity index (χ0v) is 24.4. The first-order chi connectivity index (χ1) is 19.4. The van der Waals surface area contributed by atoms with Crippen LogP contribution in [0.15, 0.2) is 35.7 Å². The van der Waals surface area contributed by atoms with E-state index in [1.54, 1.807) is 0 Å². The Morgan fingerprint density at radius 2 is 1.77 bits per heavy atom. The molecule has 9 nitrogen and oxygen atoms in total. The number of hydrogen-bond donors (Lipinski definition) is 1. The van der Waals surface area contributed by atoms with Crippen molar-refractivity contribution in [2.75, 3.05) is 30.4 Å². The highest BCUT2D eigenvalue weighted by Crippen LogP contribution is 2.29. The third-order valence-electron chi connectivity index (χ3n) is 7.77. The molecule has 212 valence electrons. The van der Waals surface area contributed by atoms with Crippen molar-refractivity contribution in [3.63, 3.8) is 0 Å². The van der Waals surface area contributed by atoms with E-state index in [1.807, 2.05) is 61.5 Å². The summed E-state index contributed by atoms with van der Waals surface area (Å²) in [5, 5.41) is 5.98. The highest BCUT2D eigenvalue weighted by Gasteiger charge is 2.25. The molecule has 0 unspecified atom stereocenters. The number of amides is 1. The molecule has 10 heteroatoms. The van der Waals surface area contributed by atoms with Crippen LogP contribution in [0, 0.1) is 6.92 Å². The van der Waals surface area contributed by atoms with E-state index in [4.69, 9.17) is 14.7 Å². The maximum absolute atomic E-state index is 13.2. The van der Waals surface area contributed by atoms with Crippen molar-refractivity contribution in [1.82, 2.24) is 19.9 Å². The largest absolute Gasteiger partial charge is 0.462 e. The Kier molecular flexibility index (Phi) is 8.94. The van der Waals surface area contributed by atoms with Crippen LogP contribution < -0.4 is 10.2 Å². The molecular formula is C30H38N6O3S. The molecule has 0 atom stereocenters. The third kappa shape index (κ3) is 6.78. The average Bonchev–Trinajstić information content (AvgIpc) is 3.41. The molecule has 2 fully saturated rings. The molecule has 1 aliphatic heterocycles. The minimum absolute atomic E-state index is 0.0577. The molecule has 3 aromatic rings. The molecule has 0 bridgehead atoms. The first-order valence-electron chi connectivity index (χ1n) is 14.3. The number of carbonyl (C=O) groups excluding carboxylic acids is 2. The van der Waals surface area contributed by atoms with Gasteiger partial charge in [0.25, 0.3) is 5.91 Å². The van der Waals surface area contributed by atoms with Crippen LogP contribution in [0.1, 0.15) is 74.3 Å². The number of piperidine rings is 1. The molecule has 40 heavy (non-hydrogen) atoms. The van der Waals surface area contributed by atoms with Crippen molar-refractivity contribution < 1.29 is 14.3 Å². The molecule has 1 aromatic carbocycles. The molecule has 1 saturated heterocycles. The van der Waals surface area contributed by atoms with E-state index in [1.165, 1.54) is 30.6 Å². The van der Waals surface area contributed by atoms with Gasteiger partial charge in [0.2, 0.25) is 5.95 Å². The predicted molar refractivity (Wildman–Crippen MR) is 158 cm³/mol. The molecule has 2 aromatic heterocycles. The number of nitrogens with one attached hydrogen (secondary N) is 1. The standard InChI is InChI=1S/C30H38N6O3S/c1-4-27(37)39-24-14-16-36(17-15-24)26-18-25(32-29(33-26)34-30-31-20(2)19-40-30)21-10-12-22(13-11-21)28(38)35(3)23-8-6-5-7-9-23/h10-13,18-19,23-24H,4-9,14-17H2,1-3H3,(H,31,32,33,34). The average molecular weight is 563 g/mol. The van der Waals surface area contributed by atoms with Crippen LogP contribution in [0.2, 0.25) is 0 Å². The molecule has 1 saturated carbocycles. The van der Waals surface area contributed by atoms with E-state index in [2.05, 4.69) is 15.2 Å². The van der Waals surface area contributed by atoms with Crippen molar-refractivity contribution in [3.8, 4) is 11.3 Å². The fraction of sp³-hybridized carbons (Fsp3) is 0.500. The van der Waals surface area contributed by atoms with Crippen molar-refractivity contribution >= 4 is 40.1 Å². The van der Waals surface area contributed by atoms with Gasteiger partial charge in [-0.3, -0.25) is 14.9 Å². The number of thiazole rings is 1. The maximum atomic E-state index is 13.2. The number of aromatic nitrogens is 3. The van der Waals surface area contributed by atoms with Crippen LogP contribution in [-0.4, -0.2) is 64.0 Å².